The summed E-state index contributed by atoms with van der Waals surface area (Å²) in [5, 5.41) is 19.5. The van der Waals surface area contributed by atoms with E-state index in [1.54, 1.807) is 6.07 Å². The summed E-state index contributed by atoms with van der Waals surface area (Å²) in [5.41, 5.74) is -0.120. The third-order valence-corrected chi connectivity index (χ3v) is 4.85. The molecule has 1 aromatic rings. The lowest BCUT2D eigenvalue weighted by atomic mass is 9.76. The molecular weight excluding hydrogens is 273 g/mol. The van der Waals surface area contributed by atoms with Crippen LogP contribution >= 0.6 is 0 Å². The first kappa shape index (κ1) is 15.8. The van der Waals surface area contributed by atoms with Gasteiger partial charge in [-0.15, -0.1) is 0 Å². The van der Waals surface area contributed by atoms with Crippen LogP contribution in [0.25, 0.3) is 0 Å². The Balaban J connectivity index is 2.22. The molecule has 0 aliphatic carbocycles. The molecule has 0 radical (unpaired) electrons. The number of carbonyl (C=O) groups is 1. The van der Waals surface area contributed by atoms with Crippen LogP contribution in [0.1, 0.15) is 38.8 Å². The van der Waals surface area contributed by atoms with Crippen molar-refractivity contribution < 1.29 is 19.4 Å². The second-order valence-electron chi connectivity index (χ2n) is 6.22. The SMILES string of the molecule is CC(c1ccc(F)cc1O)N1CCC(C(=O)O)(C(C)C)C1. The van der Waals surface area contributed by atoms with Crippen LogP contribution in [-0.4, -0.2) is 34.2 Å². The molecule has 2 atom stereocenters. The number of aliphatic carboxylic acids is 1. The summed E-state index contributed by atoms with van der Waals surface area (Å²) in [7, 11) is 0. The van der Waals surface area contributed by atoms with Gasteiger partial charge in [0.25, 0.3) is 0 Å². The quantitative estimate of drug-likeness (QED) is 0.896. The Kier molecular flexibility index (Phi) is 4.23. The number of halogens is 1. The van der Waals surface area contributed by atoms with E-state index in [-0.39, 0.29) is 17.7 Å². The van der Waals surface area contributed by atoms with Crippen LogP contribution in [0.3, 0.4) is 0 Å². The lowest BCUT2D eigenvalue weighted by molar-refractivity contribution is -0.151. The molecule has 0 bridgehead atoms. The van der Waals surface area contributed by atoms with E-state index in [1.165, 1.54) is 6.07 Å². The number of benzene rings is 1. The molecule has 1 aliphatic heterocycles. The van der Waals surface area contributed by atoms with E-state index in [4.69, 9.17) is 0 Å². The van der Waals surface area contributed by atoms with Gasteiger partial charge in [0.1, 0.15) is 11.6 Å². The number of carboxylic acid groups (broad SMARTS) is 1. The minimum atomic E-state index is -0.768. The number of phenolic OH excluding ortho intramolecular Hbond substituents is 1. The van der Waals surface area contributed by atoms with Gasteiger partial charge in [0.15, 0.2) is 0 Å². The van der Waals surface area contributed by atoms with Gasteiger partial charge in [0.05, 0.1) is 5.41 Å². The number of aromatic hydroxyl groups is 1. The Bertz CT molecular complexity index is 546. The van der Waals surface area contributed by atoms with Gasteiger partial charge in [0.2, 0.25) is 0 Å². The molecule has 0 spiro atoms. The van der Waals surface area contributed by atoms with Crippen molar-refractivity contribution in [1.82, 2.24) is 4.90 Å². The van der Waals surface area contributed by atoms with Crippen LogP contribution in [-0.2, 0) is 4.79 Å². The number of hydrogen-bond donors (Lipinski definition) is 2. The van der Waals surface area contributed by atoms with Crippen LogP contribution in [0.2, 0.25) is 0 Å². The third-order valence-electron chi connectivity index (χ3n) is 4.85. The van der Waals surface area contributed by atoms with Gasteiger partial charge in [0, 0.05) is 24.2 Å². The molecule has 2 rings (SSSR count). The fourth-order valence-electron chi connectivity index (χ4n) is 3.15. The highest BCUT2D eigenvalue weighted by Crippen LogP contribution is 2.42. The summed E-state index contributed by atoms with van der Waals surface area (Å²) in [4.78, 5) is 13.7. The lowest BCUT2D eigenvalue weighted by Gasteiger charge is -2.31. The maximum absolute atomic E-state index is 13.1. The Hall–Kier alpha value is -1.62. The third kappa shape index (κ3) is 2.75. The molecule has 1 saturated heterocycles. The minimum absolute atomic E-state index is 0.0361. The van der Waals surface area contributed by atoms with E-state index in [2.05, 4.69) is 0 Å². The molecule has 0 aromatic heterocycles. The molecule has 0 saturated carbocycles. The van der Waals surface area contributed by atoms with Crippen LogP contribution in [0, 0.1) is 17.2 Å². The van der Waals surface area contributed by atoms with E-state index >= 15 is 0 Å². The summed E-state index contributed by atoms with van der Waals surface area (Å²) in [5.74, 6) is -1.30. The topological polar surface area (TPSA) is 60.8 Å². The Morgan fingerprint density at radius 2 is 2.05 bits per heavy atom. The molecule has 116 valence electrons. The minimum Gasteiger partial charge on any atom is -0.508 e. The second-order valence-corrected chi connectivity index (χ2v) is 6.22. The summed E-state index contributed by atoms with van der Waals surface area (Å²) < 4.78 is 13.1. The molecule has 21 heavy (non-hydrogen) atoms. The summed E-state index contributed by atoms with van der Waals surface area (Å²) in [6.07, 6.45) is 0.590. The van der Waals surface area contributed by atoms with E-state index < -0.39 is 17.2 Å². The molecular formula is C16H22FNO3. The first-order chi connectivity index (χ1) is 9.78. The van der Waals surface area contributed by atoms with Gasteiger partial charge in [-0.2, -0.15) is 0 Å². The predicted molar refractivity (Wildman–Crippen MR) is 77.6 cm³/mol. The van der Waals surface area contributed by atoms with E-state index in [0.717, 1.165) is 6.07 Å². The van der Waals surface area contributed by atoms with E-state index in [1.807, 2.05) is 25.7 Å². The van der Waals surface area contributed by atoms with Crippen molar-refractivity contribution in [3.8, 4) is 5.75 Å². The first-order valence-corrected chi connectivity index (χ1v) is 7.24. The fraction of sp³-hybridized carbons (Fsp3) is 0.562. The van der Waals surface area contributed by atoms with Gasteiger partial charge in [-0.05, 0) is 31.9 Å². The highest BCUT2D eigenvalue weighted by Gasteiger charge is 2.48. The number of nitrogens with zero attached hydrogens (tertiary/aromatic N) is 1. The fourth-order valence-corrected chi connectivity index (χ4v) is 3.15. The molecule has 5 heteroatoms. The smallest absolute Gasteiger partial charge is 0.311 e. The van der Waals surface area contributed by atoms with Gasteiger partial charge < -0.3 is 10.2 Å². The molecule has 1 heterocycles. The van der Waals surface area contributed by atoms with Crippen molar-refractivity contribution in [3.63, 3.8) is 0 Å². The maximum atomic E-state index is 13.1. The van der Waals surface area contributed by atoms with E-state index in [9.17, 15) is 19.4 Å². The molecule has 1 aromatic carbocycles. The molecule has 1 aliphatic rings. The monoisotopic (exact) mass is 295 g/mol. The first-order valence-electron chi connectivity index (χ1n) is 7.24. The van der Waals surface area contributed by atoms with Gasteiger partial charge >= 0.3 is 5.97 Å². The molecule has 2 unspecified atom stereocenters. The average Bonchev–Trinajstić information content (AvgIpc) is 2.84. The van der Waals surface area contributed by atoms with Gasteiger partial charge in [-0.3, -0.25) is 9.69 Å². The Morgan fingerprint density at radius 3 is 2.52 bits per heavy atom. The van der Waals surface area contributed by atoms with Crippen molar-refractivity contribution in [3.05, 3.63) is 29.6 Å². The summed E-state index contributed by atoms with van der Waals surface area (Å²) in [6, 6.07) is 3.82. The normalized spacial score (nSPS) is 24.4. The zero-order valence-electron chi connectivity index (χ0n) is 12.6. The highest BCUT2D eigenvalue weighted by molar-refractivity contribution is 5.75. The number of carboxylic acids is 1. The lowest BCUT2D eigenvalue weighted by Crippen LogP contribution is -2.39. The van der Waals surface area contributed by atoms with Gasteiger partial charge in [-0.1, -0.05) is 19.9 Å². The standard InChI is InChI=1S/C16H22FNO3/c1-10(2)16(15(20)21)6-7-18(9-16)11(3)13-5-4-12(17)8-14(13)19/h4-5,8,10-11,19H,6-7,9H2,1-3H3,(H,20,21). The molecule has 2 N–H and O–H groups in total. The van der Waals surface area contributed by atoms with Crippen molar-refractivity contribution >= 4 is 5.97 Å². The highest BCUT2D eigenvalue weighted by atomic mass is 19.1. The zero-order valence-corrected chi connectivity index (χ0v) is 12.6. The Labute approximate surface area is 124 Å². The van der Waals surface area contributed by atoms with Crippen molar-refractivity contribution in [2.24, 2.45) is 11.3 Å². The maximum Gasteiger partial charge on any atom is 0.311 e. The van der Waals surface area contributed by atoms with Crippen LogP contribution in [0.15, 0.2) is 18.2 Å². The molecule has 1 fully saturated rings. The number of hydrogen-bond acceptors (Lipinski definition) is 3. The average molecular weight is 295 g/mol. The van der Waals surface area contributed by atoms with Crippen LogP contribution in [0.5, 0.6) is 5.75 Å². The predicted octanol–water partition coefficient (Wildman–Crippen LogP) is 3.03. The largest absolute Gasteiger partial charge is 0.508 e. The molecule has 0 amide bonds. The van der Waals surface area contributed by atoms with Crippen LogP contribution < -0.4 is 0 Å². The number of rotatable bonds is 4. The van der Waals surface area contributed by atoms with Gasteiger partial charge in [-0.25, -0.2) is 4.39 Å². The van der Waals surface area contributed by atoms with Crippen LogP contribution in [0.4, 0.5) is 4.39 Å². The second kappa shape index (κ2) is 5.64. The zero-order chi connectivity index (χ0) is 15.8. The van der Waals surface area contributed by atoms with Crippen molar-refractivity contribution in [2.75, 3.05) is 13.1 Å². The number of phenols is 1. The summed E-state index contributed by atoms with van der Waals surface area (Å²) >= 11 is 0. The Morgan fingerprint density at radius 1 is 1.38 bits per heavy atom. The van der Waals surface area contributed by atoms with Crippen molar-refractivity contribution in [1.29, 1.82) is 0 Å². The van der Waals surface area contributed by atoms with Crippen molar-refractivity contribution in [2.45, 2.75) is 33.2 Å². The summed E-state index contributed by atoms with van der Waals surface area (Å²) in [6.45, 7) is 6.86. The molecule has 4 nitrogen and oxygen atoms in total. The number of likely N-dealkylation sites (tertiary alicyclic amines) is 1. The van der Waals surface area contributed by atoms with E-state index in [0.29, 0.717) is 25.1 Å².